The summed E-state index contributed by atoms with van der Waals surface area (Å²) in [7, 11) is 1.33. The molecule has 0 aliphatic heterocycles. The number of nitrogens with two attached hydrogens (primary N) is 1. The molecule has 0 fully saturated rings. The van der Waals surface area contributed by atoms with Crippen LogP contribution in [0.15, 0.2) is 18.2 Å². The first-order valence-electron chi connectivity index (χ1n) is 5.08. The first-order valence-corrected chi connectivity index (χ1v) is 5.08. The van der Waals surface area contributed by atoms with E-state index in [2.05, 4.69) is 9.47 Å². The van der Waals surface area contributed by atoms with Gasteiger partial charge in [-0.15, -0.1) is 0 Å². The molecular weight excluding hydrogens is 267 g/mol. The molecule has 0 bridgehead atoms. The summed E-state index contributed by atoms with van der Waals surface area (Å²) in [5.74, 6) is -0.695. The lowest BCUT2D eigenvalue weighted by Crippen LogP contribution is -2.19. The number of rotatable bonds is 5. The fourth-order valence-corrected chi connectivity index (χ4v) is 1.21. The summed E-state index contributed by atoms with van der Waals surface area (Å²) in [6.07, 6.45) is -4.47. The van der Waals surface area contributed by atoms with Crippen LogP contribution in [0.1, 0.15) is 10.4 Å². The van der Waals surface area contributed by atoms with Crippen molar-refractivity contribution in [3.63, 3.8) is 0 Å². The monoisotopic (exact) mass is 279 g/mol. The van der Waals surface area contributed by atoms with Crippen molar-refractivity contribution in [2.75, 3.05) is 26.2 Å². The van der Waals surface area contributed by atoms with Gasteiger partial charge in [0.15, 0.2) is 6.79 Å². The fraction of sp³-hybridized carbons (Fsp3) is 0.364. The number of anilines is 1. The molecule has 1 aromatic carbocycles. The third kappa shape index (κ3) is 5.04. The maximum atomic E-state index is 11.8. The van der Waals surface area contributed by atoms with Gasteiger partial charge in [0.1, 0.15) is 17.9 Å². The van der Waals surface area contributed by atoms with Crippen molar-refractivity contribution in [3.8, 4) is 5.75 Å². The maximum Gasteiger partial charge on any atom is 0.411 e. The Balaban J connectivity index is 2.54. The van der Waals surface area contributed by atoms with E-state index in [1.54, 1.807) is 0 Å². The highest BCUT2D eigenvalue weighted by Gasteiger charge is 2.27. The average molecular weight is 279 g/mol. The smallest absolute Gasteiger partial charge is 0.411 e. The van der Waals surface area contributed by atoms with Crippen LogP contribution in [0.4, 0.5) is 18.9 Å². The molecule has 0 spiro atoms. The Labute approximate surface area is 107 Å². The van der Waals surface area contributed by atoms with Gasteiger partial charge < -0.3 is 19.9 Å². The second-order valence-electron chi connectivity index (χ2n) is 3.47. The largest absolute Gasteiger partial charge is 0.496 e. The Morgan fingerprint density at radius 1 is 1.37 bits per heavy atom. The number of carbonyl (C=O) groups excluding carboxylic acids is 1. The van der Waals surface area contributed by atoms with Gasteiger partial charge in [0.05, 0.1) is 7.11 Å². The molecule has 0 unspecified atom stereocenters. The Morgan fingerprint density at radius 3 is 2.63 bits per heavy atom. The highest BCUT2D eigenvalue weighted by Crippen LogP contribution is 2.22. The van der Waals surface area contributed by atoms with Gasteiger partial charge in [-0.25, -0.2) is 4.79 Å². The van der Waals surface area contributed by atoms with Crippen LogP contribution in [-0.2, 0) is 9.47 Å². The number of carbonyl (C=O) groups is 1. The lowest BCUT2D eigenvalue weighted by Gasteiger charge is -2.10. The topological polar surface area (TPSA) is 70.8 Å². The standard InChI is InChI=1S/C11H12F3NO4/c1-17-9-4-7(15)2-3-8(9)10(16)19-6-18-5-11(12,13)14/h2-4H,5-6,15H2,1H3. The van der Waals surface area contributed by atoms with E-state index in [0.29, 0.717) is 5.69 Å². The molecule has 0 radical (unpaired) electrons. The molecule has 0 aliphatic carbocycles. The van der Waals surface area contributed by atoms with Crippen LogP contribution < -0.4 is 10.5 Å². The van der Waals surface area contributed by atoms with E-state index >= 15 is 0 Å². The summed E-state index contributed by atoms with van der Waals surface area (Å²) in [6.45, 7) is -2.29. The Bertz CT molecular complexity index is 448. The zero-order valence-electron chi connectivity index (χ0n) is 9.99. The molecule has 1 aromatic rings. The third-order valence-corrected chi connectivity index (χ3v) is 1.98. The number of alkyl halides is 3. The van der Waals surface area contributed by atoms with Crippen molar-refractivity contribution >= 4 is 11.7 Å². The molecule has 5 nitrogen and oxygen atoms in total. The number of esters is 1. The van der Waals surface area contributed by atoms with E-state index in [1.807, 2.05) is 0 Å². The van der Waals surface area contributed by atoms with Crippen LogP contribution in [0.2, 0.25) is 0 Å². The molecule has 0 aliphatic rings. The van der Waals surface area contributed by atoms with Crippen molar-refractivity contribution in [2.24, 2.45) is 0 Å². The van der Waals surface area contributed by atoms with E-state index in [1.165, 1.54) is 25.3 Å². The van der Waals surface area contributed by atoms with Crippen LogP contribution in [0.3, 0.4) is 0 Å². The number of methoxy groups -OCH3 is 1. The Morgan fingerprint density at radius 2 is 2.05 bits per heavy atom. The van der Waals surface area contributed by atoms with Gasteiger partial charge >= 0.3 is 12.1 Å². The van der Waals surface area contributed by atoms with Crippen LogP contribution >= 0.6 is 0 Å². The van der Waals surface area contributed by atoms with Crippen molar-refractivity contribution < 1.29 is 32.2 Å². The minimum Gasteiger partial charge on any atom is -0.496 e. The van der Waals surface area contributed by atoms with Crippen LogP contribution in [0.25, 0.3) is 0 Å². The summed E-state index contributed by atoms with van der Waals surface area (Å²) in [5.41, 5.74) is 5.92. The summed E-state index contributed by atoms with van der Waals surface area (Å²) in [4.78, 5) is 11.6. The lowest BCUT2D eigenvalue weighted by molar-refractivity contribution is -0.190. The first-order chi connectivity index (χ1) is 8.83. The summed E-state index contributed by atoms with van der Waals surface area (Å²) in [6, 6.07) is 4.18. The molecule has 0 atom stereocenters. The zero-order chi connectivity index (χ0) is 14.5. The molecule has 0 amide bonds. The van der Waals surface area contributed by atoms with Crippen LogP contribution in [-0.4, -0.2) is 32.7 Å². The van der Waals surface area contributed by atoms with E-state index in [0.717, 1.165) is 0 Å². The Kier molecular flexibility index (Phi) is 4.99. The molecule has 8 heteroatoms. The van der Waals surface area contributed by atoms with Gasteiger partial charge in [0.2, 0.25) is 0 Å². The van der Waals surface area contributed by atoms with Crippen molar-refractivity contribution in [2.45, 2.75) is 6.18 Å². The molecule has 0 saturated heterocycles. The SMILES string of the molecule is COc1cc(N)ccc1C(=O)OCOCC(F)(F)F. The highest BCUT2D eigenvalue weighted by molar-refractivity contribution is 5.93. The summed E-state index contributed by atoms with van der Waals surface area (Å²) >= 11 is 0. The van der Waals surface area contributed by atoms with Crippen LogP contribution in [0, 0.1) is 0 Å². The molecule has 106 valence electrons. The Hall–Kier alpha value is -1.96. The lowest BCUT2D eigenvalue weighted by atomic mass is 10.2. The quantitative estimate of drug-likeness (QED) is 0.386. The van der Waals surface area contributed by atoms with Gasteiger partial charge in [-0.05, 0) is 12.1 Å². The minimum atomic E-state index is -4.47. The molecular formula is C11H12F3NO4. The van der Waals surface area contributed by atoms with E-state index in [-0.39, 0.29) is 11.3 Å². The van der Waals surface area contributed by atoms with Gasteiger partial charge in [-0.2, -0.15) is 13.2 Å². The number of hydrogen-bond acceptors (Lipinski definition) is 5. The van der Waals surface area contributed by atoms with Crippen LogP contribution in [0.5, 0.6) is 5.75 Å². The van der Waals surface area contributed by atoms with Gasteiger partial charge in [0.25, 0.3) is 0 Å². The normalized spacial score (nSPS) is 11.2. The van der Waals surface area contributed by atoms with E-state index in [4.69, 9.17) is 10.5 Å². The molecule has 1 rings (SSSR count). The first kappa shape index (κ1) is 15.1. The van der Waals surface area contributed by atoms with Gasteiger partial charge in [-0.1, -0.05) is 0 Å². The van der Waals surface area contributed by atoms with E-state index < -0.39 is 25.5 Å². The summed E-state index contributed by atoms with van der Waals surface area (Å²) in [5, 5.41) is 0. The van der Waals surface area contributed by atoms with Gasteiger partial charge in [0, 0.05) is 11.8 Å². The highest BCUT2D eigenvalue weighted by atomic mass is 19.4. The zero-order valence-corrected chi connectivity index (χ0v) is 9.99. The van der Waals surface area contributed by atoms with Crippen molar-refractivity contribution in [1.82, 2.24) is 0 Å². The molecule has 0 heterocycles. The number of ether oxygens (including phenoxy) is 3. The predicted octanol–water partition coefficient (Wildman–Crippen LogP) is 1.97. The second-order valence-corrected chi connectivity index (χ2v) is 3.47. The summed E-state index contributed by atoms with van der Waals surface area (Å²) < 4.78 is 48.9. The average Bonchev–Trinajstić information content (AvgIpc) is 2.33. The number of nitrogen functional groups attached to an aromatic ring is 1. The fourth-order valence-electron chi connectivity index (χ4n) is 1.21. The minimum absolute atomic E-state index is 0.0484. The molecule has 0 aromatic heterocycles. The number of halogens is 3. The van der Waals surface area contributed by atoms with Gasteiger partial charge in [-0.3, -0.25) is 0 Å². The molecule has 19 heavy (non-hydrogen) atoms. The number of hydrogen-bond donors (Lipinski definition) is 1. The maximum absolute atomic E-state index is 11.8. The molecule has 0 saturated carbocycles. The van der Waals surface area contributed by atoms with E-state index in [9.17, 15) is 18.0 Å². The van der Waals surface area contributed by atoms with Crippen molar-refractivity contribution in [1.29, 1.82) is 0 Å². The molecule has 2 N–H and O–H groups in total. The third-order valence-electron chi connectivity index (χ3n) is 1.98. The predicted molar refractivity (Wildman–Crippen MR) is 59.7 cm³/mol. The van der Waals surface area contributed by atoms with Crippen molar-refractivity contribution in [3.05, 3.63) is 23.8 Å². The number of benzene rings is 1. The second kappa shape index (κ2) is 6.28.